The standard InChI is InChI=1S/C11H23NO/c1-5-11(6-2,13-4)10-8-7-9-12(10)3/h10H,5-9H2,1-4H3. The second kappa shape index (κ2) is 4.43. The van der Waals surface area contributed by atoms with Crippen LogP contribution in [0.2, 0.25) is 0 Å². The summed E-state index contributed by atoms with van der Waals surface area (Å²) in [5, 5.41) is 0. The molecule has 2 heteroatoms. The fourth-order valence-electron chi connectivity index (χ4n) is 2.72. The van der Waals surface area contributed by atoms with Crippen molar-refractivity contribution in [3.63, 3.8) is 0 Å². The molecule has 0 aromatic carbocycles. The molecule has 0 aromatic heterocycles. The summed E-state index contributed by atoms with van der Waals surface area (Å²) in [6.07, 6.45) is 4.86. The van der Waals surface area contributed by atoms with Crippen molar-refractivity contribution >= 4 is 0 Å². The van der Waals surface area contributed by atoms with E-state index in [-0.39, 0.29) is 5.60 Å². The Morgan fingerprint density at radius 1 is 1.38 bits per heavy atom. The molecule has 0 saturated carbocycles. The molecule has 0 amide bonds. The smallest absolute Gasteiger partial charge is 0.0827 e. The molecule has 0 aromatic rings. The molecule has 0 bridgehead atoms. The van der Waals surface area contributed by atoms with Gasteiger partial charge in [0.15, 0.2) is 0 Å². The molecule has 0 spiro atoms. The van der Waals surface area contributed by atoms with Gasteiger partial charge < -0.3 is 9.64 Å². The molecule has 1 aliphatic heterocycles. The van der Waals surface area contributed by atoms with E-state index in [1.807, 2.05) is 7.11 Å². The van der Waals surface area contributed by atoms with E-state index in [0.717, 1.165) is 12.8 Å². The lowest BCUT2D eigenvalue weighted by molar-refractivity contribution is -0.0685. The highest BCUT2D eigenvalue weighted by molar-refractivity contribution is 4.95. The summed E-state index contributed by atoms with van der Waals surface area (Å²) in [5.74, 6) is 0. The summed E-state index contributed by atoms with van der Waals surface area (Å²) in [6.45, 7) is 5.70. The quantitative estimate of drug-likeness (QED) is 0.666. The van der Waals surface area contributed by atoms with Crippen LogP contribution < -0.4 is 0 Å². The average molecular weight is 185 g/mol. The first-order valence-corrected chi connectivity index (χ1v) is 5.45. The monoisotopic (exact) mass is 185 g/mol. The van der Waals surface area contributed by atoms with Gasteiger partial charge in [-0.2, -0.15) is 0 Å². The summed E-state index contributed by atoms with van der Waals surface area (Å²) in [7, 11) is 4.08. The minimum atomic E-state index is 0.102. The highest BCUT2D eigenvalue weighted by Crippen LogP contribution is 2.33. The number of ether oxygens (including phenoxy) is 1. The van der Waals surface area contributed by atoms with Gasteiger partial charge in [-0.05, 0) is 39.3 Å². The van der Waals surface area contributed by atoms with Crippen LogP contribution in [0.5, 0.6) is 0 Å². The zero-order chi connectivity index (χ0) is 9.90. The molecule has 1 aliphatic rings. The summed E-state index contributed by atoms with van der Waals surface area (Å²) in [6, 6.07) is 0.632. The van der Waals surface area contributed by atoms with Crippen LogP contribution in [-0.2, 0) is 4.74 Å². The fraction of sp³-hybridized carbons (Fsp3) is 1.00. The predicted octanol–water partition coefficient (Wildman–Crippen LogP) is 2.29. The van der Waals surface area contributed by atoms with Crippen molar-refractivity contribution in [3.8, 4) is 0 Å². The highest BCUT2D eigenvalue weighted by atomic mass is 16.5. The summed E-state index contributed by atoms with van der Waals surface area (Å²) in [4.78, 5) is 2.45. The van der Waals surface area contributed by atoms with E-state index in [1.54, 1.807) is 0 Å². The number of hydrogen-bond acceptors (Lipinski definition) is 2. The van der Waals surface area contributed by atoms with E-state index in [2.05, 4.69) is 25.8 Å². The predicted molar refractivity (Wildman–Crippen MR) is 56.0 cm³/mol. The van der Waals surface area contributed by atoms with E-state index < -0.39 is 0 Å². The second-order valence-electron chi connectivity index (χ2n) is 4.11. The number of nitrogens with zero attached hydrogens (tertiary/aromatic N) is 1. The van der Waals surface area contributed by atoms with E-state index in [9.17, 15) is 0 Å². The Morgan fingerprint density at radius 3 is 2.31 bits per heavy atom. The van der Waals surface area contributed by atoms with Gasteiger partial charge in [0, 0.05) is 13.2 Å². The zero-order valence-corrected chi connectivity index (χ0v) is 9.47. The Balaban J connectivity index is 2.73. The SMILES string of the molecule is CCC(CC)(OC)C1CCCN1C. The van der Waals surface area contributed by atoms with E-state index in [4.69, 9.17) is 4.74 Å². The number of methoxy groups -OCH3 is 1. The molecule has 1 atom stereocenters. The van der Waals surface area contributed by atoms with Crippen molar-refractivity contribution in [2.45, 2.75) is 51.2 Å². The van der Waals surface area contributed by atoms with Gasteiger partial charge in [0.1, 0.15) is 0 Å². The Hall–Kier alpha value is -0.0800. The molecule has 1 heterocycles. The van der Waals surface area contributed by atoms with Crippen LogP contribution in [0, 0.1) is 0 Å². The fourth-order valence-corrected chi connectivity index (χ4v) is 2.72. The molecular formula is C11H23NO. The lowest BCUT2D eigenvalue weighted by Gasteiger charge is -2.39. The molecule has 0 radical (unpaired) electrons. The van der Waals surface area contributed by atoms with Crippen molar-refractivity contribution in [1.29, 1.82) is 0 Å². The van der Waals surface area contributed by atoms with Crippen molar-refractivity contribution < 1.29 is 4.74 Å². The first-order chi connectivity index (χ1) is 6.20. The van der Waals surface area contributed by atoms with Gasteiger partial charge in [0.05, 0.1) is 5.60 Å². The van der Waals surface area contributed by atoms with Gasteiger partial charge in [0.25, 0.3) is 0 Å². The third-order valence-electron chi connectivity index (χ3n) is 3.73. The molecular weight excluding hydrogens is 162 g/mol. The minimum Gasteiger partial charge on any atom is -0.377 e. The van der Waals surface area contributed by atoms with Crippen LogP contribution in [0.15, 0.2) is 0 Å². The van der Waals surface area contributed by atoms with Crippen molar-refractivity contribution in [3.05, 3.63) is 0 Å². The maximum atomic E-state index is 5.75. The number of likely N-dealkylation sites (N-methyl/N-ethyl adjacent to an activating group) is 1. The van der Waals surface area contributed by atoms with Crippen LogP contribution in [0.1, 0.15) is 39.5 Å². The third kappa shape index (κ3) is 1.89. The molecule has 1 saturated heterocycles. The Kier molecular flexibility index (Phi) is 3.74. The van der Waals surface area contributed by atoms with Crippen LogP contribution in [0.25, 0.3) is 0 Å². The number of rotatable bonds is 4. The number of hydrogen-bond donors (Lipinski definition) is 0. The Morgan fingerprint density at radius 2 is 2.00 bits per heavy atom. The van der Waals surface area contributed by atoms with Crippen LogP contribution in [-0.4, -0.2) is 37.2 Å². The summed E-state index contributed by atoms with van der Waals surface area (Å²) in [5.41, 5.74) is 0.102. The first kappa shape index (κ1) is 11.0. The van der Waals surface area contributed by atoms with Gasteiger partial charge in [-0.25, -0.2) is 0 Å². The number of likely N-dealkylation sites (tertiary alicyclic amines) is 1. The van der Waals surface area contributed by atoms with Crippen molar-refractivity contribution in [2.24, 2.45) is 0 Å². The van der Waals surface area contributed by atoms with Crippen molar-refractivity contribution in [1.82, 2.24) is 4.90 Å². The first-order valence-electron chi connectivity index (χ1n) is 5.45. The molecule has 1 fully saturated rings. The zero-order valence-electron chi connectivity index (χ0n) is 9.47. The summed E-state index contributed by atoms with van der Waals surface area (Å²) >= 11 is 0. The molecule has 0 N–H and O–H groups in total. The average Bonchev–Trinajstić information content (AvgIpc) is 2.57. The van der Waals surface area contributed by atoms with E-state index >= 15 is 0 Å². The molecule has 0 aliphatic carbocycles. The molecule has 78 valence electrons. The molecule has 13 heavy (non-hydrogen) atoms. The van der Waals surface area contributed by atoms with Crippen molar-refractivity contribution in [2.75, 3.05) is 20.7 Å². The molecule has 1 unspecified atom stereocenters. The largest absolute Gasteiger partial charge is 0.377 e. The Bertz CT molecular complexity index is 146. The lowest BCUT2D eigenvalue weighted by atomic mass is 9.87. The van der Waals surface area contributed by atoms with Gasteiger partial charge in [-0.3, -0.25) is 0 Å². The highest BCUT2D eigenvalue weighted by Gasteiger charge is 2.40. The summed E-state index contributed by atoms with van der Waals surface area (Å²) < 4.78 is 5.75. The van der Waals surface area contributed by atoms with Gasteiger partial charge in [-0.1, -0.05) is 13.8 Å². The van der Waals surface area contributed by atoms with Crippen LogP contribution in [0.4, 0.5) is 0 Å². The molecule has 1 rings (SSSR count). The Labute approximate surface area is 82.3 Å². The normalized spacial score (nSPS) is 25.4. The van der Waals surface area contributed by atoms with Gasteiger partial charge >= 0.3 is 0 Å². The van der Waals surface area contributed by atoms with Gasteiger partial charge in [0.2, 0.25) is 0 Å². The second-order valence-corrected chi connectivity index (χ2v) is 4.11. The topological polar surface area (TPSA) is 12.5 Å². The van der Waals surface area contributed by atoms with Gasteiger partial charge in [-0.15, -0.1) is 0 Å². The maximum absolute atomic E-state index is 5.75. The lowest BCUT2D eigenvalue weighted by Crippen LogP contribution is -2.49. The third-order valence-corrected chi connectivity index (χ3v) is 3.73. The van der Waals surface area contributed by atoms with Crippen LogP contribution in [0.3, 0.4) is 0 Å². The minimum absolute atomic E-state index is 0.102. The molecule has 2 nitrogen and oxygen atoms in total. The van der Waals surface area contributed by atoms with E-state index in [1.165, 1.54) is 19.4 Å². The maximum Gasteiger partial charge on any atom is 0.0827 e. The van der Waals surface area contributed by atoms with E-state index in [0.29, 0.717) is 6.04 Å². The van der Waals surface area contributed by atoms with Crippen LogP contribution >= 0.6 is 0 Å².